The van der Waals surface area contributed by atoms with Crippen molar-refractivity contribution >= 4 is 17.5 Å². The number of hydrogen-bond donors (Lipinski definition) is 2. The standard InChI is InChI=1S/C24H31N3O2/c1-24(2,25)17-22(28)26-20-15-14-19-12-6-7-13-21(19)27(23(20)29)16-8-11-18-9-4-3-5-10-18/h3-7,9-10,12-13,20H,8,11,14-17,25H2,1-2H3,(H,26,28). The maximum Gasteiger partial charge on any atom is 0.249 e. The van der Waals surface area contributed by atoms with Crippen molar-refractivity contribution in [2.75, 3.05) is 11.4 Å². The highest BCUT2D eigenvalue weighted by Gasteiger charge is 2.31. The molecule has 1 aliphatic rings. The van der Waals surface area contributed by atoms with Gasteiger partial charge in [0.05, 0.1) is 0 Å². The highest BCUT2D eigenvalue weighted by atomic mass is 16.2. The van der Waals surface area contributed by atoms with Gasteiger partial charge in [0, 0.05) is 24.2 Å². The van der Waals surface area contributed by atoms with Crippen LogP contribution in [0.1, 0.15) is 44.2 Å². The van der Waals surface area contributed by atoms with Crippen molar-refractivity contribution < 1.29 is 9.59 Å². The minimum absolute atomic E-state index is 0.0359. The van der Waals surface area contributed by atoms with Crippen LogP contribution in [0.5, 0.6) is 0 Å². The van der Waals surface area contributed by atoms with Gasteiger partial charge in [-0.25, -0.2) is 0 Å². The molecule has 0 aromatic heterocycles. The molecule has 1 heterocycles. The van der Waals surface area contributed by atoms with Crippen molar-refractivity contribution in [3.63, 3.8) is 0 Å². The highest BCUT2D eigenvalue weighted by molar-refractivity contribution is 6.00. The number of rotatable bonds is 7. The van der Waals surface area contributed by atoms with Gasteiger partial charge in [-0.05, 0) is 56.7 Å². The van der Waals surface area contributed by atoms with Crippen LogP contribution in [0.15, 0.2) is 54.6 Å². The van der Waals surface area contributed by atoms with E-state index in [9.17, 15) is 9.59 Å². The molecular weight excluding hydrogens is 362 g/mol. The van der Waals surface area contributed by atoms with E-state index in [0.717, 1.165) is 30.5 Å². The third kappa shape index (κ3) is 5.91. The molecule has 0 spiro atoms. The van der Waals surface area contributed by atoms with Crippen molar-refractivity contribution in [2.45, 2.75) is 57.5 Å². The van der Waals surface area contributed by atoms with Gasteiger partial charge in [-0.2, -0.15) is 0 Å². The lowest BCUT2D eigenvalue weighted by Crippen LogP contribution is -2.50. The van der Waals surface area contributed by atoms with Gasteiger partial charge < -0.3 is 16.0 Å². The van der Waals surface area contributed by atoms with Crippen molar-refractivity contribution in [1.29, 1.82) is 0 Å². The van der Waals surface area contributed by atoms with Crippen LogP contribution in [0.2, 0.25) is 0 Å². The number of aryl methyl sites for hydroxylation is 2. The SMILES string of the molecule is CC(C)(N)CC(=O)NC1CCc2ccccc2N(CCCc2ccccc2)C1=O. The Hall–Kier alpha value is -2.66. The second-order valence-electron chi connectivity index (χ2n) is 8.53. The summed E-state index contributed by atoms with van der Waals surface area (Å²) < 4.78 is 0. The number of fused-ring (bicyclic) bond motifs is 1. The fraction of sp³-hybridized carbons (Fsp3) is 0.417. The molecule has 0 saturated heterocycles. The van der Waals surface area contributed by atoms with Gasteiger partial charge in [-0.3, -0.25) is 9.59 Å². The summed E-state index contributed by atoms with van der Waals surface area (Å²) in [4.78, 5) is 27.6. The summed E-state index contributed by atoms with van der Waals surface area (Å²) in [6.07, 6.45) is 3.32. The Bertz CT molecular complexity index is 843. The first kappa shape index (κ1) is 21.1. The van der Waals surface area contributed by atoms with E-state index < -0.39 is 11.6 Å². The molecule has 0 radical (unpaired) electrons. The third-order valence-corrected chi connectivity index (χ3v) is 5.19. The summed E-state index contributed by atoms with van der Waals surface area (Å²) in [7, 11) is 0. The van der Waals surface area contributed by atoms with Gasteiger partial charge in [0.2, 0.25) is 11.8 Å². The predicted octanol–water partition coefficient (Wildman–Crippen LogP) is 3.21. The molecule has 5 nitrogen and oxygen atoms in total. The summed E-state index contributed by atoms with van der Waals surface area (Å²) in [6.45, 7) is 4.25. The average molecular weight is 394 g/mol. The second-order valence-corrected chi connectivity index (χ2v) is 8.53. The highest BCUT2D eigenvalue weighted by Crippen LogP contribution is 2.27. The number of benzene rings is 2. The molecule has 2 amide bonds. The molecule has 3 N–H and O–H groups in total. The summed E-state index contributed by atoms with van der Waals surface area (Å²) >= 11 is 0. The quantitative estimate of drug-likeness (QED) is 0.758. The molecule has 2 aromatic rings. The third-order valence-electron chi connectivity index (χ3n) is 5.19. The number of anilines is 1. The molecule has 29 heavy (non-hydrogen) atoms. The Kier molecular flexibility index (Phi) is 6.70. The molecule has 0 saturated carbocycles. The molecular formula is C24H31N3O2. The minimum Gasteiger partial charge on any atom is -0.344 e. The molecule has 0 fully saturated rings. The minimum atomic E-state index is -0.601. The summed E-state index contributed by atoms with van der Waals surface area (Å²) in [5.41, 5.74) is 8.74. The zero-order valence-electron chi connectivity index (χ0n) is 17.4. The summed E-state index contributed by atoms with van der Waals surface area (Å²) in [5.74, 6) is -0.211. The first-order valence-corrected chi connectivity index (χ1v) is 10.3. The van der Waals surface area contributed by atoms with Gasteiger partial charge in [-0.15, -0.1) is 0 Å². The Morgan fingerprint density at radius 3 is 2.55 bits per heavy atom. The largest absolute Gasteiger partial charge is 0.344 e. The van der Waals surface area contributed by atoms with E-state index in [0.29, 0.717) is 13.0 Å². The molecule has 1 unspecified atom stereocenters. The zero-order chi connectivity index (χ0) is 20.9. The van der Waals surface area contributed by atoms with E-state index >= 15 is 0 Å². The zero-order valence-corrected chi connectivity index (χ0v) is 17.4. The Balaban J connectivity index is 1.73. The second kappa shape index (κ2) is 9.23. The molecule has 1 aliphatic heterocycles. The maximum absolute atomic E-state index is 13.3. The van der Waals surface area contributed by atoms with Crippen LogP contribution in [-0.4, -0.2) is 29.9 Å². The van der Waals surface area contributed by atoms with Gasteiger partial charge in [0.25, 0.3) is 0 Å². The van der Waals surface area contributed by atoms with Crippen LogP contribution in [-0.2, 0) is 22.4 Å². The van der Waals surface area contributed by atoms with E-state index in [4.69, 9.17) is 5.73 Å². The molecule has 5 heteroatoms. The summed E-state index contributed by atoms with van der Waals surface area (Å²) in [5, 5.41) is 2.93. The molecule has 2 aromatic carbocycles. The number of nitrogens with zero attached hydrogens (tertiary/aromatic N) is 1. The Labute approximate surface area is 173 Å². The number of nitrogens with two attached hydrogens (primary N) is 1. The van der Waals surface area contributed by atoms with Gasteiger partial charge in [0.15, 0.2) is 0 Å². The summed E-state index contributed by atoms with van der Waals surface area (Å²) in [6, 6.07) is 17.8. The van der Waals surface area contributed by atoms with Gasteiger partial charge >= 0.3 is 0 Å². The van der Waals surface area contributed by atoms with E-state index in [-0.39, 0.29) is 18.2 Å². The van der Waals surface area contributed by atoms with Crippen LogP contribution in [0, 0.1) is 0 Å². The number of hydrogen-bond acceptors (Lipinski definition) is 3. The number of para-hydroxylation sites is 1. The molecule has 0 aliphatic carbocycles. The van der Waals surface area contributed by atoms with Gasteiger partial charge in [-0.1, -0.05) is 48.5 Å². The first-order valence-electron chi connectivity index (χ1n) is 10.3. The molecule has 3 rings (SSSR count). The monoisotopic (exact) mass is 393 g/mol. The van der Waals surface area contributed by atoms with E-state index in [1.807, 2.05) is 55.1 Å². The van der Waals surface area contributed by atoms with Crippen molar-refractivity contribution in [3.05, 3.63) is 65.7 Å². The van der Waals surface area contributed by atoms with Crippen LogP contribution in [0.3, 0.4) is 0 Å². The normalized spacial score (nSPS) is 16.9. The predicted molar refractivity (Wildman–Crippen MR) is 117 cm³/mol. The smallest absolute Gasteiger partial charge is 0.249 e. The number of carbonyl (C=O) groups is 2. The fourth-order valence-electron chi connectivity index (χ4n) is 3.83. The first-order chi connectivity index (χ1) is 13.8. The lowest BCUT2D eigenvalue weighted by molar-refractivity contribution is -0.128. The Morgan fingerprint density at radius 2 is 1.83 bits per heavy atom. The Morgan fingerprint density at radius 1 is 1.14 bits per heavy atom. The maximum atomic E-state index is 13.3. The number of amides is 2. The van der Waals surface area contributed by atoms with Crippen LogP contribution in [0.25, 0.3) is 0 Å². The fourth-order valence-corrected chi connectivity index (χ4v) is 3.83. The van der Waals surface area contributed by atoms with Crippen LogP contribution in [0.4, 0.5) is 5.69 Å². The topological polar surface area (TPSA) is 75.4 Å². The van der Waals surface area contributed by atoms with Crippen LogP contribution < -0.4 is 16.0 Å². The molecule has 154 valence electrons. The number of carbonyl (C=O) groups excluding carboxylic acids is 2. The van der Waals surface area contributed by atoms with E-state index in [2.05, 4.69) is 23.5 Å². The van der Waals surface area contributed by atoms with Crippen molar-refractivity contribution in [2.24, 2.45) is 5.73 Å². The van der Waals surface area contributed by atoms with Crippen LogP contribution >= 0.6 is 0 Å². The van der Waals surface area contributed by atoms with Gasteiger partial charge in [0.1, 0.15) is 6.04 Å². The lowest BCUT2D eigenvalue weighted by atomic mass is 10.0. The number of nitrogens with one attached hydrogen (secondary N) is 1. The van der Waals surface area contributed by atoms with Crippen molar-refractivity contribution in [3.8, 4) is 0 Å². The van der Waals surface area contributed by atoms with E-state index in [1.165, 1.54) is 5.56 Å². The molecule has 1 atom stereocenters. The lowest BCUT2D eigenvalue weighted by Gasteiger charge is -2.27. The van der Waals surface area contributed by atoms with Crippen molar-refractivity contribution in [1.82, 2.24) is 5.32 Å². The van der Waals surface area contributed by atoms with E-state index in [1.54, 1.807) is 0 Å². The molecule has 0 bridgehead atoms. The average Bonchev–Trinajstić information content (AvgIpc) is 2.79.